The van der Waals surface area contributed by atoms with Gasteiger partial charge in [0.05, 0.1) is 22.2 Å². The number of hydrogen-bond acceptors (Lipinski definition) is 6. The van der Waals surface area contributed by atoms with E-state index < -0.39 is 20.2 Å². The van der Waals surface area contributed by atoms with Crippen molar-refractivity contribution in [3.05, 3.63) is 166 Å². The second-order valence-electron chi connectivity index (χ2n) is 13.5. The Morgan fingerprint density at radius 1 is 0.593 bits per heavy atom. The van der Waals surface area contributed by atoms with Gasteiger partial charge in [0.1, 0.15) is 0 Å². The summed E-state index contributed by atoms with van der Waals surface area (Å²) in [4.78, 5) is 3.53. The Hall–Kier alpha value is -4.78. The number of para-hydroxylation sites is 1. The normalized spacial score (nSPS) is 13.8. The van der Waals surface area contributed by atoms with Gasteiger partial charge in [0.2, 0.25) is 11.2 Å². The smallest absolute Gasteiger partial charge is 0.265 e. The summed E-state index contributed by atoms with van der Waals surface area (Å²) in [5.74, 6) is -0.623. The number of anilines is 1. The van der Waals surface area contributed by atoms with E-state index in [1.54, 1.807) is 11.8 Å². The lowest BCUT2D eigenvalue weighted by Crippen LogP contribution is -2.39. The van der Waals surface area contributed by atoms with Gasteiger partial charge in [-0.3, -0.25) is 9.11 Å². The molecule has 8 nitrogen and oxygen atoms in total. The number of aromatic nitrogens is 1. The van der Waals surface area contributed by atoms with Crippen LogP contribution in [0.3, 0.4) is 0 Å². The zero-order chi connectivity index (χ0) is 37.7. The fourth-order valence-electron chi connectivity index (χ4n) is 6.89. The van der Waals surface area contributed by atoms with E-state index in [1.165, 1.54) is 0 Å². The van der Waals surface area contributed by atoms with Gasteiger partial charge in [0.15, 0.2) is 6.54 Å². The molecule has 6 aromatic rings. The quantitative estimate of drug-likeness (QED) is 0.0844. The van der Waals surface area contributed by atoms with Gasteiger partial charge < -0.3 is 4.90 Å². The Balaban J connectivity index is 1.22. The predicted octanol–water partition coefficient (Wildman–Crippen LogP) is 8.05. The van der Waals surface area contributed by atoms with Crippen molar-refractivity contribution in [3.63, 3.8) is 0 Å². The van der Waals surface area contributed by atoms with Crippen LogP contribution < -0.4 is 9.47 Å². The molecular weight excluding hydrogens is 737 g/mol. The zero-order valence-corrected chi connectivity index (χ0v) is 32.0. The molecule has 276 valence electrons. The molecule has 0 atom stereocenters. The van der Waals surface area contributed by atoms with Crippen LogP contribution in [-0.2, 0) is 52.5 Å². The van der Waals surface area contributed by atoms with Crippen LogP contribution in [0.4, 0.5) is 5.69 Å². The first-order valence-corrected chi connectivity index (χ1v) is 21.9. The molecule has 11 heteroatoms. The Labute approximate surface area is 321 Å². The standard InChI is InChI=1S/C43H40N2O6S3/c46-53(47,48)26-22-34-10-6-8-32(28-34)20-24-44-39(18-16-37-14-4-5-15-40(37)44)31-43-45(25-21-33-9-7-11-35(29-33)23-27-54(49,50)51)41-30-38(17-19-42(41)52-43)36-12-2-1-3-13-36/h1-19,28-31H,20-27H2,(H-,46,47,48,49,50,51)/p+1. The van der Waals surface area contributed by atoms with Crippen molar-refractivity contribution in [3.8, 4) is 11.1 Å². The molecule has 0 aliphatic carbocycles. The highest BCUT2D eigenvalue weighted by atomic mass is 32.2. The lowest BCUT2D eigenvalue weighted by atomic mass is 10.0. The van der Waals surface area contributed by atoms with Crippen molar-refractivity contribution < 1.29 is 30.5 Å². The molecule has 0 radical (unpaired) electrons. The third-order valence-corrected chi connectivity index (χ3v) is 12.2. The van der Waals surface area contributed by atoms with E-state index in [2.05, 4.69) is 76.2 Å². The second kappa shape index (κ2) is 16.3. The van der Waals surface area contributed by atoms with Crippen molar-refractivity contribution in [2.75, 3.05) is 23.0 Å². The minimum absolute atomic E-state index is 0.248. The second-order valence-corrected chi connectivity index (χ2v) is 17.7. The van der Waals surface area contributed by atoms with E-state index in [4.69, 9.17) is 0 Å². The maximum atomic E-state index is 11.4. The first-order valence-electron chi connectivity index (χ1n) is 17.8. The molecular formula is C43H41N2O6S3+. The van der Waals surface area contributed by atoms with E-state index in [9.17, 15) is 25.9 Å². The molecule has 0 saturated carbocycles. The maximum Gasteiger partial charge on any atom is 0.265 e. The summed E-state index contributed by atoms with van der Waals surface area (Å²) in [5.41, 5.74) is 9.45. The highest BCUT2D eigenvalue weighted by molar-refractivity contribution is 8.03. The van der Waals surface area contributed by atoms with Gasteiger partial charge in [0.25, 0.3) is 20.2 Å². The summed E-state index contributed by atoms with van der Waals surface area (Å²) in [7, 11) is -8.10. The summed E-state index contributed by atoms with van der Waals surface area (Å²) in [6.07, 6.45) is 4.19. The van der Waals surface area contributed by atoms with Crippen LogP contribution in [0, 0.1) is 0 Å². The van der Waals surface area contributed by atoms with Gasteiger partial charge in [0, 0.05) is 41.5 Å². The number of nitrogens with zero attached hydrogens (tertiary/aromatic N) is 2. The maximum absolute atomic E-state index is 11.4. The third kappa shape index (κ3) is 9.65. The van der Waals surface area contributed by atoms with Crippen molar-refractivity contribution in [2.45, 2.75) is 37.1 Å². The molecule has 0 fully saturated rings. The van der Waals surface area contributed by atoms with Crippen LogP contribution in [0.15, 0.2) is 143 Å². The minimum atomic E-state index is -4.05. The molecule has 0 spiro atoms. The summed E-state index contributed by atoms with van der Waals surface area (Å²) in [5, 5.41) is 2.22. The Morgan fingerprint density at radius 2 is 1.20 bits per heavy atom. The number of thioether (sulfide) groups is 1. The van der Waals surface area contributed by atoms with Crippen molar-refractivity contribution in [2.24, 2.45) is 0 Å². The molecule has 7 rings (SSSR count). The Kier molecular flexibility index (Phi) is 11.3. The van der Waals surface area contributed by atoms with E-state index in [0.29, 0.717) is 13.1 Å². The average Bonchev–Trinajstić information content (AvgIpc) is 3.51. The molecule has 54 heavy (non-hydrogen) atoms. The molecule has 0 unspecified atom stereocenters. The molecule has 0 amide bonds. The number of hydrogen-bond donors (Lipinski definition) is 2. The van der Waals surface area contributed by atoms with Crippen LogP contribution in [0.25, 0.3) is 28.1 Å². The van der Waals surface area contributed by atoms with E-state index in [1.807, 2.05) is 72.8 Å². The SMILES string of the molecule is O=S(=O)(O)CCc1cccc(CCN2C(=Cc3ccc4ccccc4[n+]3CCc3cccc(CCS(=O)(=O)O)c3)Sc3ccc(-c4ccccc4)cc32)c1. The lowest BCUT2D eigenvalue weighted by Gasteiger charge is -2.21. The van der Waals surface area contributed by atoms with Crippen molar-refractivity contribution >= 4 is 54.7 Å². The fraction of sp³-hybridized carbons (Fsp3) is 0.186. The van der Waals surface area contributed by atoms with Gasteiger partial charge in [-0.15, -0.1) is 0 Å². The largest absolute Gasteiger partial charge is 0.334 e. The Morgan fingerprint density at radius 3 is 1.87 bits per heavy atom. The number of benzene rings is 5. The van der Waals surface area contributed by atoms with Crippen LogP contribution in [-0.4, -0.2) is 44.0 Å². The molecule has 0 bridgehead atoms. The van der Waals surface area contributed by atoms with E-state index in [-0.39, 0.29) is 24.3 Å². The van der Waals surface area contributed by atoms with E-state index >= 15 is 0 Å². The molecule has 0 saturated heterocycles. The summed E-state index contributed by atoms with van der Waals surface area (Å²) in [6.45, 7) is 1.38. The lowest BCUT2D eigenvalue weighted by molar-refractivity contribution is -0.672. The van der Waals surface area contributed by atoms with Crippen molar-refractivity contribution in [1.29, 1.82) is 0 Å². The van der Waals surface area contributed by atoms with Gasteiger partial charge in [-0.1, -0.05) is 109 Å². The van der Waals surface area contributed by atoms with Gasteiger partial charge in [-0.05, 0) is 76.9 Å². The Bertz CT molecular complexity index is 2560. The predicted molar refractivity (Wildman–Crippen MR) is 218 cm³/mol. The van der Waals surface area contributed by atoms with Crippen LogP contribution in [0.1, 0.15) is 27.9 Å². The molecule has 1 aliphatic rings. The molecule has 1 aromatic heterocycles. The average molecular weight is 778 g/mol. The number of fused-ring (bicyclic) bond motifs is 2. The summed E-state index contributed by atoms with van der Waals surface area (Å²) >= 11 is 1.74. The highest BCUT2D eigenvalue weighted by Crippen LogP contribution is 2.48. The molecule has 2 heterocycles. The van der Waals surface area contributed by atoms with Gasteiger partial charge >= 0.3 is 0 Å². The van der Waals surface area contributed by atoms with Gasteiger partial charge in [-0.2, -0.15) is 21.4 Å². The van der Waals surface area contributed by atoms with Gasteiger partial charge in [-0.25, -0.2) is 0 Å². The first kappa shape index (κ1) is 37.5. The summed E-state index contributed by atoms with van der Waals surface area (Å²) < 4.78 is 66.5. The fourth-order valence-corrected chi connectivity index (χ4v) is 8.99. The van der Waals surface area contributed by atoms with Crippen molar-refractivity contribution in [1.82, 2.24) is 0 Å². The zero-order valence-electron chi connectivity index (χ0n) is 29.6. The molecule has 5 aromatic carbocycles. The topological polar surface area (TPSA) is 116 Å². The number of rotatable bonds is 14. The molecule has 1 aliphatic heterocycles. The van der Waals surface area contributed by atoms with Crippen LogP contribution in [0.2, 0.25) is 0 Å². The van der Waals surface area contributed by atoms with E-state index in [0.717, 1.165) is 78.4 Å². The van der Waals surface area contributed by atoms with Crippen LogP contribution in [0.5, 0.6) is 0 Å². The highest BCUT2D eigenvalue weighted by Gasteiger charge is 2.27. The third-order valence-electron chi connectivity index (χ3n) is 9.61. The first-order chi connectivity index (χ1) is 26.0. The number of pyridine rings is 1. The minimum Gasteiger partial charge on any atom is -0.334 e. The monoisotopic (exact) mass is 777 g/mol. The van der Waals surface area contributed by atoms with Crippen LogP contribution >= 0.6 is 11.8 Å². The molecule has 2 N–H and O–H groups in total. The summed E-state index contributed by atoms with van der Waals surface area (Å²) in [6, 6.07) is 45.4. The number of aryl methyl sites for hydroxylation is 4.